The van der Waals surface area contributed by atoms with Crippen LogP contribution < -0.4 is 0 Å². The molecule has 4 heteroatoms. The van der Waals surface area contributed by atoms with Gasteiger partial charge in [0.1, 0.15) is 12.2 Å². The molecule has 0 aromatic carbocycles. The minimum Gasteiger partial charge on any atom is -0.394 e. The summed E-state index contributed by atoms with van der Waals surface area (Å²) in [6, 6.07) is 0. The number of hydrogen-bond donors (Lipinski definition) is 4. The van der Waals surface area contributed by atoms with Crippen LogP contribution in [-0.2, 0) is 0 Å². The summed E-state index contributed by atoms with van der Waals surface area (Å²) in [4.78, 5) is 0. The summed E-state index contributed by atoms with van der Waals surface area (Å²) in [5, 5.41) is 34.9. The van der Waals surface area contributed by atoms with E-state index in [4.69, 9.17) is 20.4 Å². The normalized spacial score (nSPS) is 20.1. The maximum absolute atomic E-state index is 8.93. The third-order valence-electron chi connectivity index (χ3n) is 1.39. The molecule has 0 fully saturated rings. The molecule has 0 aromatic heterocycles. The van der Waals surface area contributed by atoms with E-state index in [0.717, 1.165) is 0 Å². The highest BCUT2D eigenvalue weighted by molar-refractivity contribution is 4.72. The fraction of sp³-hybridized carbons (Fsp3) is 1.00. The van der Waals surface area contributed by atoms with Crippen LogP contribution in [0.2, 0.25) is 0 Å². The van der Waals surface area contributed by atoms with Crippen molar-refractivity contribution in [1.29, 1.82) is 0 Å². The molecule has 0 spiro atoms. The standard InChI is InChI=1S/C6H14O4/c1-2-4(8)6(10)5(9)3-7/h4-10H,2-3H2,1H3/t4-,5-,6-/m0/s1. The van der Waals surface area contributed by atoms with Gasteiger partial charge in [-0.25, -0.2) is 0 Å². The van der Waals surface area contributed by atoms with Crippen molar-refractivity contribution in [2.45, 2.75) is 31.7 Å². The molecule has 0 aliphatic carbocycles. The van der Waals surface area contributed by atoms with Crippen LogP contribution in [0.4, 0.5) is 0 Å². The summed E-state index contributed by atoms with van der Waals surface area (Å²) in [6.07, 6.45) is -3.08. The van der Waals surface area contributed by atoms with Gasteiger partial charge in [0.05, 0.1) is 12.7 Å². The SMILES string of the molecule is CC[C@H](O)[C@H](O)[C@@H](O)CO. The van der Waals surface area contributed by atoms with E-state index in [9.17, 15) is 0 Å². The van der Waals surface area contributed by atoms with Crippen molar-refractivity contribution in [3.05, 3.63) is 0 Å². The van der Waals surface area contributed by atoms with Crippen LogP contribution in [-0.4, -0.2) is 45.3 Å². The second kappa shape index (κ2) is 4.62. The van der Waals surface area contributed by atoms with Crippen molar-refractivity contribution in [2.24, 2.45) is 0 Å². The Balaban J connectivity index is 3.69. The topological polar surface area (TPSA) is 80.9 Å². The van der Waals surface area contributed by atoms with E-state index >= 15 is 0 Å². The summed E-state index contributed by atoms with van der Waals surface area (Å²) < 4.78 is 0. The molecule has 62 valence electrons. The number of rotatable bonds is 4. The zero-order chi connectivity index (χ0) is 8.15. The lowest BCUT2D eigenvalue weighted by Crippen LogP contribution is -2.38. The number of aliphatic hydroxyl groups is 4. The first kappa shape index (κ1) is 9.84. The molecule has 4 nitrogen and oxygen atoms in total. The Labute approximate surface area is 59.7 Å². The molecule has 0 heterocycles. The molecular formula is C6H14O4. The Morgan fingerprint density at radius 2 is 1.60 bits per heavy atom. The monoisotopic (exact) mass is 150 g/mol. The van der Waals surface area contributed by atoms with Crippen LogP contribution in [0.3, 0.4) is 0 Å². The van der Waals surface area contributed by atoms with E-state index in [2.05, 4.69) is 0 Å². The largest absolute Gasteiger partial charge is 0.394 e. The average Bonchev–Trinajstić information content (AvgIpc) is 2.00. The minimum atomic E-state index is -1.24. The highest BCUT2D eigenvalue weighted by Gasteiger charge is 2.21. The van der Waals surface area contributed by atoms with Gasteiger partial charge in [0.2, 0.25) is 0 Å². The third kappa shape index (κ3) is 2.62. The van der Waals surface area contributed by atoms with Gasteiger partial charge in [-0.2, -0.15) is 0 Å². The molecule has 0 aliphatic heterocycles. The fourth-order valence-electron chi connectivity index (χ4n) is 0.606. The van der Waals surface area contributed by atoms with Crippen LogP contribution in [0.5, 0.6) is 0 Å². The Hall–Kier alpha value is -0.160. The lowest BCUT2D eigenvalue weighted by atomic mass is 10.1. The van der Waals surface area contributed by atoms with E-state index < -0.39 is 24.9 Å². The Bertz CT molecular complexity index is 75.8. The highest BCUT2D eigenvalue weighted by atomic mass is 16.4. The summed E-state index contributed by atoms with van der Waals surface area (Å²) in [5.41, 5.74) is 0. The van der Waals surface area contributed by atoms with Crippen molar-refractivity contribution in [3.8, 4) is 0 Å². The van der Waals surface area contributed by atoms with Gasteiger partial charge in [-0.15, -0.1) is 0 Å². The Morgan fingerprint density at radius 3 is 1.90 bits per heavy atom. The van der Waals surface area contributed by atoms with Crippen LogP contribution in [0, 0.1) is 0 Å². The third-order valence-corrected chi connectivity index (χ3v) is 1.39. The Kier molecular flexibility index (Phi) is 4.55. The van der Waals surface area contributed by atoms with Gasteiger partial charge in [-0.05, 0) is 6.42 Å². The van der Waals surface area contributed by atoms with E-state index in [1.807, 2.05) is 0 Å². The zero-order valence-corrected chi connectivity index (χ0v) is 5.94. The maximum atomic E-state index is 8.93. The molecule has 0 bridgehead atoms. The molecule has 4 N–H and O–H groups in total. The molecule has 10 heavy (non-hydrogen) atoms. The lowest BCUT2D eigenvalue weighted by molar-refractivity contribution is -0.0767. The number of hydrogen-bond acceptors (Lipinski definition) is 4. The molecule has 3 atom stereocenters. The van der Waals surface area contributed by atoms with Crippen LogP contribution in [0.1, 0.15) is 13.3 Å². The second-order valence-corrected chi connectivity index (χ2v) is 2.22. The van der Waals surface area contributed by atoms with Gasteiger partial charge in [0.15, 0.2) is 0 Å². The lowest BCUT2D eigenvalue weighted by Gasteiger charge is -2.19. The minimum absolute atomic E-state index is 0.359. The molecule has 0 unspecified atom stereocenters. The molecule has 0 rings (SSSR count). The van der Waals surface area contributed by atoms with Crippen molar-refractivity contribution < 1.29 is 20.4 Å². The first-order valence-corrected chi connectivity index (χ1v) is 3.28. The van der Waals surface area contributed by atoms with Gasteiger partial charge in [-0.1, -0.05) is 6.92 Å². The predicted molar refractivity (Wildman–Crippen MR) is 35.4 cm³/mol. The predicted octanol–water partition coefficient (Wildman–Crippen LogP) is -1.53. The summed E-state index contributed by atoms with van der Waals surface area (Å²) >= 11 is 0. The molecule has 0 saturated carbocycles. The quantitative estimate of drug-likeness (QED) is 0.392. The summed E-state index contributed by atoms with van der Waals surface area (Å²) in [6.45, 7) is 1.15. The van der Waals surface area contributed by atoms with Crippen molar-refractivity contribution in [3.63, 3.8) is 0 Å². The van der Waals surface area contributed by atoms with Gasteiger partial charge in [0, 0.05) is 0 Å². The molecule has 0 aromatic rings. The molecule has 0 radical (unpaired) electrons. The molecular weight excluding hydrogens is 136 g/mol. The van der Waals surface area contributed by atoms with Gasteiger partial charge in [-0.3, -0.25) is 0 Å². The average molecular weight is 150 g/mol. The second-order valence-electron chi connectivity index (χ2n) is 2.22. The molecule has 0 amide bonds. The number of aliphatic hydroxyl groups excluding tert-OH is 4. The first-order chi connectivity index (χ1) is 4.63. The van der Waals surface area contributed by atoms with E-state index in [-0.39, 0.29) is 0 Å². The van der Waals surface area contributed by atoms with Crippen LogP contribution >= 0.6 is 0 Å². The van der Waals surface area contributed by atoms with E-state index in [1.165, 1.54) is 0 Å². The van der Waals surface area contributed by atoms with Gasteiger partial charge >= 0.3 is 0 Å². The van der Waals surface area contributed by atoms with Gasteiger partial charge in [0.25, 0.3) is 0 Å². The Morgan fingerprint density at radius 1 is 1.10 bits per heavy atom. The van der Waals surface area contributed by atoms with E-state index in [0.29, 0.717) is 6.42 Å². The highest BCUT2D eigenvalue weighted by Crippen LogP contribution is 2.02. The first-order valence-electron chi connectivity index (χ1n) is 3.28. The van der Waals surface area contributed by atoms with Crippen LogP contribution in [0.25, 0.3) is 0 Å². The summed E-state index contributed by atoms with van der Waals surface area (Å²) in [5.74, 6) is 0. The zero-order valence-electron chi connectivity index (χ0n) is 5.94. The van der Waals surface area contributed by atoms with Crippen molar-refractivity contribution >= 4 is 0 Å². The van der Waals surface area contributed by atoms with Crippen molar-refractivity contribution in [2.75, 3.05) is 6.61 Å². The van der Waals surface area contributed by atoms with E-state index in [1.54, 1.807) is 6.92 Å². The fourth-order valence-corrected chi connectivity index (χ4v) is 0.606. The maximum Gasteiger partial charge on any atom is 0.108 e. The smallest absolute Gasteiger partial charge is 0.108 e. The van der Waals surface area contributed by atoms with Gasteiger partial charge < -0.3 is 20.4 Å². The molecule has 0 saturated heterocycles. The van der Waals surface area contributed by atoms with Crippen molar-refractivity contribution in [1.82, 2.24) is 0 Å². The van der Waals surface area contributed by atoms with Crippen LogP contribution in [0.15, 0.2) is 0 Å². The molecule has 0 aliphatic rings. The summed E-state index contributed by atoms with van der Waals surface area (Å²) in [7, 11) is 0.